The molecular formula is C48H84N2. The van der Waals surface area contributed by atoms with Gasteiger partial charge in [0, 0.05) is 13.1 Å². The molecule has 286 valence electrons. The number of benzene rings is 2. The molecule has 0 N–H and O–H groups in total. The predicted octanol–water partition coefficient (Wildman–Crippen LogP) is 15.2. The van der Waals surface area contributed by atoms with Gasteiger partial charge in [-0.25, -0.2) is 0 Å². The fraction of sp³-hybridized carbons (Fsp3) is 0.750. The van der Waals surface area contributed by atoms with Crippen LogP contribution in [0.25, 0.3) is 11.1 Å². The van der Waals surface area contributed by atoms with Crippen molar-refractivity contribution in [3.63, 3.8) is 0 Å². The van der Waals surface area contributed by atoms with E-state index in [2.05, 4.69) is 86.3 Å². The average molecular weight is 689 g/mol. The molecule has 0 saturated carbocycles. The van der Waals surface area contributed by atoms with Gasteiger partial charge in [0.25, 0.3) is 0 Å². The molecule has 0 heterocycles. The summed E-state index contributed by atoms with van der Waals surface area (Å²) in [6.07, 6.45) is 39.9. The van der Waals surface area contributed by atoms with Crippen LogP contribution in [-0.4, -0.2) is 37.0 Å². The number of unbranched alkanes of at least 4 members (excludes halogenated alkanes) is 26. The minimum atomic E-state index is 1.04. The zero-order valence-electron chi connectivity index (χ0n) is 34.1. The molecule has 0 aliphatic rings. The lowest BCUT2D eigenvalue weighted by Gasteiger charge is -2.18. The average Bonchev–Trinajstić information content (AvgIpc) is 3.12. The standard InChI is InChI=1S/C48H84N2/c1-5-7-9-11-13-15-17-19-21-23-25-27-29-31-39-49(3)43-45-35-33-37-47(41-45)48-38-34-36-46(42-48)44-50(4)40-32-30-28-26-24-22-20-18-16-14-12-10-8-6-2/h33-38,41-42H,5-32,39-40,43-44H2,1-4H3. The summed E-state index contributed by atoms with van der Waals surface area (Å²) in [5.41, 5.74) is 5.55. The maximum atomic E-state index is 2.52. The van der Waals surface area contributed by atoms with E-state index in [0.29, 0.717) is 0 Å². The van der Waals surface area contributed by atoms with E-state index < -0.39 is 0 Å². The van der Waals surface area contributed by atoms with Crippen LogP contribution in [0.15, 0.2) is 48.5 Å². The van der Waals surface area contributed by atoms with Gasteiger partial charge in [-0.2, -0.15) is 0 Å². The normalized spacial score (nSPS) is 11.7. The van der Waals surface area contributed by atoms with Crippen molar-refractivity contribution in [3.8, 4) is 11.1 Å². The Morgan fingerprint density at radius 2 is 0.600 bits per heavy atom. The Balaban J connectivity index is 1.53. The van der Waals surface area contributed by atoms with E-state index in [1.807, 2.05) is 0 Å². The second-order valence-electron chi connectivity index (χ2n) is 16.1. The summed E-state index contributed by atoms with van der Waals surface area (Å²) in [5, 5.41) is 0. The van der Waals surface area contributed by atoms with Crippen LogP contribution in [0.2, 0.25) is 0 Å². The Bertz CT molecular complexity index is 933. The zero-order chi connectivity index (χ0) is 35.7. The minimum absolute atomic E-state index is 1.04. The van der Waals surface area contributed by atoms with Crippen molar-refractivity contribution in [1.82, 2.24) is 9.80 Å². The first kappa shape index (κ1) is 44.5. The van der Waals surface area contributed by atoms with E-state index in [-0.39, 0.29) is 0 Å². The number of hydrogen-bond donors (Lipinski definition) is 0. The molecule has 2 aromatic carbocycles. The Morgan fingerprint density at radius 3 is 0.880 bits per heavy atom. The van der Waals surface area contributed by atoms with Crippen LogP contribution in [-0.2, 0) is 13.1 Å². The van der Waals surface area contributed by atoms with Gasteiger partial charge in [-0.1, -0.05) is 217 Å². The smallest absolute Gasteiger partial charge is 0.0230 e. The lowest BCUT2D eigenvalue weighted by molar-refractivity contribution is 0.316. The van der Waals surface area contributed by atoms with Crippen LogP contribution in [0.3, 0.4) is 0 Å². The number of nitrogens with zero attached hydrogens (tertiary/aromatic N) is 2. The van der Waals surface area contributed by atoms with Crippen LogP contribution in [0.5, 0.6) is 0 Å². The Morgan fingerprint density at radius 1 is 0.340 bits per heavy atom. The third kappa shape index (κ3) is 24.5. The molecule has 0 unspecified atom stereocenters. The van der Waals surface area contributed by atoms with Crippen molar-refractivity contribution in [3.05, 3.63) is 59.7 Å². The first-order chi connectivity index (χ1) is 24.6. The molecule has 2 nitrogen and oxygen atoms in total. The lowest BCUT2D eigenvalue weighted by Crippen LogP contribution is -2.19. The molecule has 0 fully saturated rings. The second-order valence-corrected chi connectivity index (χ2v) is 16.1. The van der Waals surface area contributed by atoms with Crippen LogP contribution < -0.4 is 0 Å². The van der Waals surface area contributed by atoms with E-state index in [4.69, 9.17) is 0 Å². The highest BCUT2D eigenvalue weighted by molar-refractivity contribution is 5.65. The molecule has 2 rings (SSSR count). The van der Waals surface area contributed by atoms with Gasteiger partial charge in [-0.15, -0.1) is 0 Å². The summed E-state index contributed by atoms with van der Waals surface area (Å²) in [6, 6.07) is 18.5. The second kappa shape index (κ2) is 32.0. The van der Waals surface area contributed by atoms with Gasteiger partial charge in [0.1, 0.15) is 0 Å². The molecule has 0 aromatic heterocycles. The van der Waals surface area contributed by atoms with Crippen molar-refractivity contribution in [2.75, 3.05) is 27.2 Å². The molecule has 0 bridgehead atoms. The largest absolute Gasteiger partial charge is 0.302 e. The fourth-order valence-electron chi connectivity index (χ4n) is 7.63. The Labute approximate surface area is 313 Å². The number of rotatable bonds is 35. The third-order valence-corrected chi connectivity index (χ3v) is 10.9. The Hall–Kier alpha value is -1.64. The Kier molecular flexibility index (Phi) is 28.5. The molecule has 0 amide bonds. The quantitative estimate of drug-likeness (QED) is 0.0665. The highest BCUT2D eigenvalue weighted by Gasteiger charge is 2.06. The van der Waals surface area contributed by atoms with Crippen LogP contribution >= 0.6 is 0 Å². The summed E-state index contributed by atoms with van der Waals surface area (Å²) in [6.45, 7) is 9.08. The van der Waals surface area contributed by atoms with Crippen LogP contribution in [0.1, 0.15) is 205 Å². The fourth-order valence-corrected chi connectivity index (χ4v) is 7.63. The van der Waals surface area contributed by atoms with Gasteiger partial charge < -0.3 is 9.80 Å². The van der Waals surface area contributed by atoms with Gasteiger partial charge in [0.05, 0.1) is 0 Å². The van der Waals surface area contributed by atoms with E-state index in [1.165, 1.54) is 215 Å². The van der Waals surface area contributed by atoms with Crippen LogP contribution in [0.4, 0.5) is 0 Å². The molecule has 0 atom stereocenters. The van der Waals surface area contributed by atoms with Crippen molar-refractivity contribution in [2.45, 2.75) is 207 Å². The monoisotopic (exact) mass is 689 g/mol. The van der Waals surface area contributed by atoms with Crippen molar-refractivity contribution in [1.29, 1.82) is 0 Å². The molecule has 0 spiro atoms. The minimum Gasteiger partial charge on any atom is -0.302 e. The molecule has 0 radical (unpaired) electrons. The van der Waals surface area contributed by atoms with Gasteiger partial charge in [0.15, 0.2) is 0 Å². The maximum Gasteiger partial charge on any atom is 0.0230 e. The summed E-state index contributed by atoms with van der Waals surface area (Å²) < 4.78 is 0. The third-order valence-electron chi connectivity index (χ3n) is 10.9. The zero-order valence-corrected chi connectivity index (χ0v) is 34.1. The number of hydrogen-bond acceptors (Lipinski definition) is 2. The van der Waals surface area contributed by atoms with Gasteiger partial charge in [-0.3, -0.25) is 0 Å². The first-order valence-corrected chi connectivity index (χ1v) is 22.2. The molecule has 2 heteroatoms. The summed E-state index contributed by atoms with van der Waals surface area (Å²) in [7, 11) is 4.59. The summed E-state index contributed by atoms with van der Waals surface area (Å²) in [5.74, 6) is 0. The molecule has 0 aliphatic carbocycles. The molecule has 0 aliphatic heterocycles. The van der Waals surface area contributed by atoms with E-state index in [1.54, 1.807) is 0 Å². The highest BCUT2D eigenvalue weighted by Crippen LogP contribution is 2.23. The summed E-state index contributed by atoms with van der Waals surface area (Å²) in [4.78, 5) is 5.03. The van der Waals surface area contributed by atoms with Crippen molar-refractivity contribution in [2.24, 2.45) is 0 Å². The SMILES string of the molecule is CCCCCCCCCCCCCCCCN(C)Cc1cccc(-c2cccc(CN(C)CCCCCCCCCCCCCCCC)c2)c1. The molecule has 2 aromatic rings. The van der Waals surface area contributed by atoms with Crippen molar-refractivity contribution < 1.29 is 0 Å². The maximum absolute atomic E-state index is 2.52. The van der Waals surface area contributed by atoms with Crippen LogP contribution in [0, 0.1) is 0 Å². The van der Waals surface area contributed by atoms with Gasteiger partial charge in [0.2, 0.25) is 0 Å². The first-order valence-electron chi connectivity index (χ1n) is 22.2. The van der Waals surface area contributed by atoms with Gasteiger partial charge in [-0.05, 0) is 74.4 Å². The molecule has 50 heavy (non-hydrogen) atoms. The molecule has 0 saturated heterocycles. The van der Waals surface area contributed by atoms with Gasteiger partial charge >= 0.3 is 0 Å². The van der Waals surface area contributed by atoms with E-state index >= 15 is 0 Å². The predicted molar refractivity (Wildman–Crippen MR) is 225 cm³/mol. The van der Waals surface area contributed by atoms with E-state index in [9.17, 15) is 0 Å². The van der Waals surface area contributed by atoms with E-state index in [0.717, 1.165) is 13.1 Å². The summed E-state index contributed by atoms with van der Waals surface area (Å²) >= 11 is 0. The topological polar surface area (TPSA) is 6.48 Å². The van der Waals surface area contributed by atoms with Crippen molar-refractivity contribution >= 4 is 0 Å². The highest BCUT2D eigenvalue weighted by atomic mass is 15.1. The molecular weight excluding hydrogens is 605 g/mol. The lowest BCUT2D eigenvalue weighted by atomic mass is 10.0.